The molecule has 0 aromatic heterocycles. The van der Waals surface area contributed by atoms with Crippen molar-refractivity contribution in [2.75, 3.05) is 18.5 Å². The Labute approximate surface area is 144 Å². The molecule has 4 heteroatoms. The number of rotatable bonds is 8. The zero-order valence-electron chi connectivity index (χ0n) is 14.7. The molecule has 0 aliphatic carbocycles. The van der Waals surface area contributed by atoms with E-state index in [-0.39, 0.29) is 11.9 Å². The quantitative estimate of drug-likeness (QED) is 0.783. The maximum atomic E-state index is 12.9. The molecule has 2 aromatic rings. The Hall–Kier alpha value is -2.33. The highest BCUT2D eigenvalue weighted by molar-refractivity contribution is 5.95. The Balaban J connectivity index is 2.19. The summed E-state index contributed by atoms with van der Waals surface area (Å²) in [5.74, 6) is 1.18. The molecule has 1 atom stereocenters. The lowest BCUT2D eigenvalue weighted by Gasteiger charge is -2.18. The summed E-state index contributed by atoms with van der Waals surface area (Å²) < 4.78 is 5.60. The van der Waals surface area contributed by atoms with Gasteiger partial charge in [-0.15, -0.1) is 0 Å². The normalized spacial score (nSPS) is 12.0. The summed E-state index contributed by atoms with van der Waals surface area (Å²) in [5.41, 5.74) is 1.72. The molecule has 1 amide bonds. The monoisotopic (exact) mass is 327 g/mol. The fourth-order valence-corrected chi connectivity index (χ4v) is 2.52. The van der Waals surface area contributed by atoms with Crippen molar-refractivity contribution in [3.8, 4) is 5.75 Å². The zero-order chi connectivity index (χ0) is 17.4. The van der Waals surface area contributed by atoms with Crippen LogP contribution in [0.4, 0.5) is 5.69 Å². The molecule has 24 heavy (non-hydrogen) atoms. The summed E-state index contributed by atoms with van der Waals surface area (Å²) in [6.45, 7) is 7.69. The van der Waals surface area contributed by atoms with E-state index in [2.05, 4.69) is 24.5 Å². The van der Waals surface area contributed by atoms with E-state index in [4.69, 9.17) is 4.74 Å². The van der Waals surface area contributed by atoms with Gasteiger partial charge in [0.15, 0.2) is 6.04 Å². The topological polar surface area (TPSA) is 54.9 Å². The van der Waals surface area contributed by atoms with Crippen molar-refractivity contribution in [1.29, 1.82) is 0 Å². The first-order valence-electron chi connectivity index (χ1n) is 8.52. The number of carbonyl (C=O) groups is 1. The molecule has 3 N–H and O–H groups in total. The SMILES string of the molecule is CCOc1ccccc1NC(=O)[C@@H]([NH2+]CC(C)C)c1ccccc1. The number of carbonyl (C=O) groups excluding carboxylic acids is 1. The third-order valence-electron chi connectivity index (χ3n) is 3.73. The molecule has 2 aromatic carbocycles. The van der Waals surface area contributed by atoms with Crippen molar-refractivity contribution in [3.63, 3.8) is 0 Å². The van der Waals surface area contributed by atoms with Crippen LogP contribution in [0.25, 0.3) is 0 Å². The number of hydrogen-bond acceptors (Lipinski definition) is 2. The lowest BCUT2D eigenvalue weighted by atomic mass is 10.0. The maximum Gasteiger partial charge on any atom is 0.287 e. The van der Waals surface area contributed by atoms with Gasteiger partial charge in [0.25, 0.3) is 5.91 Å². The van der Waals surface area contributed by atoms with Gasteiger partial charge in [0.2, 0.25) is 0 Å². The van der Waals surface area contributed by atoms with Crippen LogP contribution >= 0.6 is 0 Å². The fraction of sp³-hybridized carbons (Fsp3) is 0.350. The van der Waals surface area contributed by atoms with Crippen LogP contribution < -0.4 is 15.4 Å². The Morgan fingerprint density at radius 2 is 1.75 bits per heavy atom. The number of nitrogens with one attached hydrogen (secondary N) is 1. The first-order chi connectivity index (χ1) is 11.6. The van der Waals surface area contributed by atoms with Gasteiger partial charge in [0.1, 0.15) is 5.75 Å². The summed E-state index contributed by atoms with van der Waals surface area (Å²) in [6.07, 6.45) is 0. The fourth-order valence-electron chi connectivity index (χ4n) is 2.52. The van der Waals surface area contributed by atoms with E-state index >= 15 is 0 Å². The molecule has 0 aliphatic rings. The minimum atomic E-state index is -0.275. The highest BCUT2D eigenvalue weighted by Crippen LogP contribution is 2.24. The van der Waals surface area contributed by atoms with Crippen LogP contribution in [0.3, 0.4) is 0 Å². The molecule has 2 rings (SSSR count). The highest BCUT2D eigenvalue weighted by Gasteiger charge is 2.25. The molecule has 0 aliphatic heterocycles. The number of anilines is 1. The summed E-state index contributed by atoms with van der Waals surface area (Å²) in [4.78, 5) is 12.9. The van der Waals surface area contributed by atoms with Gasteiger partial charge in [-0.25, -0.2) is 0 Å². The number of amides is 1. The predicted molar refractivity (Wildman–Crippen MR) is 97.1 cm³/mol. The Morgan fingerprint density at radius 3 is 2.42 bits per heavy atom. The summed E-state index contributed by atoms with van der Waals surface area (Å²) >= 11 is 0. The van der Waals surface area contributed by atoms with Crippen molar-refractivity contribution < 1.29 is 14.8 Å². The number of para-hydroxylation sites is 2. The molecule has 0 fully saturated rings. The molecule has 0 bridgehead atoms. The van der Waals surface area contributed by atoms with Gasteiger partial charge in [0, 0.05) is 11.5 Å². The zero-order valence-corrected chi connectivity index (χ0v) is 14.7. The van der Waals surface area contributed by atoms with Gasteiger partial charge >= 0.3 is 0 Å². The van der Waals surface area contributed by atoms with Gasteiger partial charge in [-0.3, -0.25) is 4.79 Å². The summed E-state index contributed by atoms with van der Waals surface area (Å²) in [6, 6.07) is 17.1. The first kappa shape index (κ1) is 18.0. The second-order valence-corrected chi connectivity index (χ2v) is 6.17. The number of benzene rings is 2. The minimum absolute atomic E-state index is 0.0333. The molecule has 0 spiro atoms. The molecule has 0 saturated carbocycles. The van der Waals surface area contributed by atoms with Crippen molar-refractivity contribution in [1.82, 2.24) is 0 Å². The van der Waals surface area contributed by atoms with Crippen molar-refractivity contribution in [2.24, 2.45) is 5.92 Å². The smallest absolute Gasteiger partial charge is 0.287 e. The van der Waals surface area contributed by atoms with E-state index in [1.807, 2.05) is 61.5 Å². The van der Waals surface area contributed by atoms with E-state index in [0.717, 1.165) is 12.1 Å². The van der Waals surface area contributed by atoms with Crippen molar-refractivity contribution >= 4 is 11.6 Å². The standard InChI is InChI=1S/C20H26N2O2/c1-4-24-18-13-9-8-12-17(18)22-20(23)19(21-14-15(2)3)16-10-6-5-7-11-16/h5-13,15,19,21H,4,14H2,1-3H3,(H,22,23)/p+1/t19-/m0/s1. The molecule has 0 saturated heterocycles. The number of quaternary nitrogens is 1. The third-order valence-corrected chi connectivity index (χ3v) is 3.73. The van der Waals surface area contributed by atoms with Gasteiger partial charge in [-0.05, 0) is 19.1 Å². The first-order valence-corrected chi connectivity index (χ1v) is 8.52. The van der Waals surface area contributed by atoms with Gasteiger partial charge in [0.05, 0.1) is 18.8 Å². The molecular formula is C20H27N2O2+. The van der Waals surface area contributed by atoms with Crippen LogP contribution in [0.1, 0.15) is 32.4 Å². The van der Waals surface area contributed by atoms with Gasteiger partial charge in [-0.2, -0.15) is 0 Å². The van der Waals surface area contributed by atoms with Crippen LogP contribution in [0.5, 0.6) is 5.75 Å². The molecule has 0 unspecified atom stereocenters. The van der Waals surface area contributed by atoms with Gasteiger partial charge in [-0.1, -0.05) is 56.3 Å². The minimum Gasteiger partial charge on any atom is -0.492 e. The number of nitrogens with two attached hydrogens (primary N) is 1. The molecular weight excluding hydrogens is 300 g/mol. The Morgan fingerprint density at radius 1 is 1.08 bits per heavy atom. The Bertz CT molecular complexity index is 641. The van der Waals surface area contributed by atoms with E-state index in [1.54, 1.807) is 0 Å². The lowest BCUT2D eigenvalue weighted by Crippen LogP contribution is -2.88. The van der Waals surface area contributed by atoms with E-state index in [9.17, 15) is 4.79 Å². The van der Waals surface area contributed by atoms with Crippen LogP contribution in [0.2, 0.25) is 0 Å². The van der Waals surface area contributed by atoms with Crippen LogP contribution in [0.15, 0.2) is 54.6 Å². The second-order valence-electron chi connectivity index (χ2n) is 6.17. The highest BCUT2D eigenvalue weighted by atomic mass is 16.5. The van der Waals surface area contributed by atoms with Crippen LogP contribution in [-0.4, -0.2) is 19.1 Å². The van der Waals surface area contributed by atoms with Crippen LogP contribution in [0, 0.1) is 5.92 Å². The van der Waals surface area contributed by atoms with E-state index < -0.39 is 0 Å². The average molecular weight is 327 g/mol. The average Bonchev–Trinajstić information content (AvgIpc) is 2.58. The van der Waals surface area contributed by atoms with Crippen molar-refractivity contribution in [3.05, 3.63) is 60.2 Å². The predicted octanol–water partition coefficient (Wildman–Crippen LogP) is 2.98. The van der Waals surface area contributed by atoms with Gasteiger partial charge < -0.3 is 15.4 Å². The second kappa shape index (κ2) is 9.08. The van der Waals surface area contributed by atoms with Crippen LogP contribution in [-0.2, 0) is 4.79 Å². The molecule has 0 radical (unpaired) electrons. The Kier molecular flexibility index (Phi) is 6.82. The molecule has 4 nitrogen and oxygen atoms in total. The third kappa shape index (κ3) is 5.10. The van der Waals surface area contributed by atoms with E-state index in [1.165, 1.54) is 0 Å². The molecule has 128 valence electrons. The summed E-state index contributed by atoms with van der Waals surface area (Å²) in [5, 5.41) is 5.12. The molecule has 0 heterocycles. The van der Waals surface area contributed by atoms with Crippen molar-refractivity contribution in [2.45, 2.75) is 26.8 Å². The largest absolute Gasteiger partial charge is 0.492 e. The number of hydrogen-bond donors (Lipinski definition) is 2. The number of ether oxygens (including phenoxy) is 1. The maximum absolute atomic E-state index is 12.9. The lowest BCUT2D eigenvalue weighted by molar-refractivity contribution is -0.686. The summed E-state index contributed by atoms with van der Waals surface area (Å²) in [7, 11) is 0. The van der Waals surface area contributed by atoms with E-state index in [0.29, 0.717) is 24.0 Å².